The fourth-order valence-electron chi connectivity index (χ4n) is 0.921. The predicted molar refractivity (Wildman–Crippen MR) is 63.9 cm³/mol. The van der Waals surface area contributed by atoms with Crippen LogP contribution in [0.25, 0.3) is 0 Å². The molecule has 0 aliphatic rings. The number of aromatic nitrogens is 1. The highest BCUT2D eigenvalue weighted by molar-refractivity contribution is 9.10. The summed E-state index contributed by atoms with van der Waals surface area (Å²) in [6.07, 6.45) is 1.71. The first-order valence-electron chi connectivity index (χ1n) is 4.58. The fourth-order valence-corrected chi connectivity index (χ4v) is 1.94. The molecule has 0 saturated heterocycles. The third-order valence-electron chi connectivity index (χ3n) is 1.62. The maximum atomic E-state index is 11.3. The van der Waals surface area contributed by atoms with E-state index in [1.807, 2.05) is 19.1 Å². The first-order chi connectivity index (χ1) is 7.13. The standard InChI is InChI=1S/C10H12BrNO2S/c1-3-14-10(13)7(2)15-9-5-4-8(11)6-12-9/h4-7H,3H2,1-2H3. The number of pyridine rings is 1. The summed E-state index contributed by atoms with van der Waals surface area (Å²) in [7, 11) is 0. The first kappa shape index (κ1) is 12.5. The number of halogens is 1. The number of esters is 1. The Morgan fingerprint density at radius 3 is 2.93 bits per heavy atom. The molecular weight excluding hydrogens is 278 g/mol. The molecule has 0 spiro atoms. The molecule has 82 valence electrons. The lowest BCUT2D eigenvalue weighted by molar-refractivity contribution is -0.142. The molecule has 0 aromatic carbocycles. The second-order valence-corrected chi connectivity index (χ2v) is 5.10. The molecule has 0 bridgehead atoms. The van der Waals surface area contributed by atoms with E-state index in [9.17, 15) is 4.79 Å². The van der Waals surface area contributed by atoms with Crippen LogP contribution in [0.15, 0.2) is 27.8 Å². The van der Waals surface area contributed by atoms with E-state index in [1.165, 1.54) is 11.8 Å². The van der Waals surface area contributed by atoms with Crippen molar-refractivity contribution in [2.45, 2.75) is 24.1 Å². The molecule has 0 amide bonds. The van der Waals surface area contributed by atoms with Crippen LogP contribution >= 0.6 is 27.7 Å². The van der Waals surface area contributed by atoms with E-state index in [1.54, 1.807) is 13.1 Å². The van der Waals surface area contributed by atoms with Crippen molar-refractivity contribution in [3.05, 3.63) is 22.8 Å². The summed E-state index contributed by atoms with van der Waals surface area (Å²) < 4.78 is 5.83. The van der Waals surface area contributed by atoms with Crippen molar-refractivity contribution in [1.82, 2.24) is 4.98 Å². The molecule has 0 N–H and O–H groups in total. The summed E-state index contributed by atoms with van der Waals surface area (Å²) in [5.41, 5.74) is 0. The Balaban J connectivity index is 2.54. The summed E-state index contributed by atoms with van der Waals surface area (Å²) in [4.78, 5) is 15.5. The van der Waals surface area contributed by atoms with E-state index >= 15 is 0 Å². The molecule has 0 saturated carbocycles. The predicted octanol–water partition coefficient (Wildman–Crippen LogP) is 2.89. The van der Waals surface area contributed by atoms with Crippen LogP contribution in [0.5, 0.6) is 0 Å². The van der Waals surface area contributed by atoms with Gasteiger partial charge in [0.25, 0.3) is 0 Å². The number of hydrogen-bond acceptors (Lipinski definition) is 4. The van der Waals surface area contributed by atoms with Gasteiger partial charge in [0.05, 0.1) is 11.6 Å². The molecule has 1 unspecified atom stereocenters. The van der Waals surface area contributed by atoms with Gasteiger partial charge in [-0.15, -0.1) is 0 Å². The number of thioether (sulfide) groups is 1. The molecule has 3 nitrogen and oxygen atoms in total. The fraction of sp³-hybridized carbons (Fsp3) is 0.400. The van der Waals surface area contributed by atoms with E-state index in [-0.39, 0.29) is 11.2 Å². The van der Waals surface area contributed by atoms with Gasteiger partial charge in [0.2, 0.25) is 0 Å². The van der Waals surface area contributed by atoms with Crippen LogP contribution in [0.3, 0.4) is 0 Å². The van der Waals surface area contributed by atoms with Gasteiger partial charge in [0, 0.05) is 10.7 Å². The summed E-state index contributed by atoms with van der Waals surface area (Å²) in [6.45, 7) is 4.02. The largest absolute Gasteiger partial charge is 0.465 e. The Bertz CT molecular complexity index is 329. The molecule has 1 aromatic heterocycles. The van der Waals surface area contributed by atoms with Crippen LogP contribution in [0.4, 0.5) is 0 Å². The van der Waals surface area contributed by atoms with Crippen molar-refractivity contribution in [1.29, 1.82) is 0 Å². The maximum Gasteiger partial charge on any atom is 0.319 e. The monoisotopic (exact) mass is 289 g/mol. The zero-order chi connectivity index (χ0) is 11.3. The lowest BCUT2D eigenvalue weighted by atomic mass is 10.5. The molecule has 0 aliphatic carbocycles. The SMILES string of the molecule is CCOC(=O)C(C)Sc1ccc(Br)cn1. The Morgan fingerprint density at radius 2 is 2.40 bits per heavy atom. The highest BCUT2D eigenvalue weighted by atomic mass is 79.9. The van der Waals surface area contributed by atoms with Gasteiger partial charge in [-0.2, -0.15) is 0 Å². The molecule has 15 heavy (non-hydrogen) atoms. The second-order valence-electron chi connectivity index (χ2n) is 2.83. The zero-order valence-corrected chi connectivity index (χ0v) is 11.0. The molecule has 1 aromatic rings. The molecule has 0 radical (unpaired) electrons. The van der Waals surface area contributed by atoms with Gasteiger partial charge in [-0.1, -0.05) is 11.8 Å². The van der Waals surface area contributed by atoms with E-state index in [4.69, 9.17) is 4.74 Å². The highest BCUT2D eigenvalue weighted by Crippen LogP contribution is 2.22. The van der Waals surface area contributed by atoms with Crippen LogP contribution in [-0.4, -0.2) is 22.8 Å². The topological polar surface area (TPSA) is 39.2 Å². The van der Waals surface area contributed by atoms with Gasteiger partial charge in [0.1, 0.15) is 5.25 Å². The summed E-state index contributed by atoms with van der Waals surface area (Å²) >= 11 is 4.70. The summed E-state index contributed by atoms with van der Waals surface area (Å²) in [6, 6.07) is 3.76. The average Bonchev–Trinajstić information content (AvgIpc) is 2.22. The van der Waals surface area contributed by atoms with Crippen LogP contribution < -0.4 is 0 Å². The molecule has 1 heterocycles. The highest BCUT2D eigenvalue weighted by Gasteiger charge is 2.15. The number of carbonyl (C=O) groups excluding carboxylic acids is 1. The van der Waals surface area contributed by atoms with E-state index in [0.29, 0.717) is 6.61 Å². The van der Waals surface area contributed by atoms with Crippen molar-refractivity contribution < 1.29 is 9.53 Å². The molecule has 5 heteroatoms. The average molecular weight is 290 g/mol. The first-order valence-corrected chi connectivity index (χ1v) is 6.25. The van der Waals surface area contributed by atoms with Crippen molar-refractivity contribution >= 4 is 33.7 Å². The molecule has 0 aliphatic heterocycles. The van der Waals surface area contributed by atoms with Crippen LogP contribution in [0.2, 0.25) is 0 Å². The van der Waals surface area contributed by atoms with E-state index in [2.05, 4.69) is 20.9 Å². The number of carbonyl (C=O) groups is 1. The minimum atomic E-state index is -0.223. The lowest BCUT2D eigenvalue weighted by Gasteiger charge is -2.09. The normalized spacial score (nSPS) is 12.2. The van der Waals surface area contributed by atoms with Gasteiger partial charge < -0.3 is 4.74 Å². The third kappa shape index (κ3) is 4.22. The van der Waals surface area contributed by atoms with Gasteiger partial charge in [-0.25, -0.2) is 4.98 Å². The summed E-state index contributed by atoms with van der Waals surface area (Å²) in [5, 5.41) is 0.595. The van der Waals surface area contributed by atoms with Crippen LogP contribution in [-0.2, 0) is 9.53 Å². The van der Waals surface area contributed by atoms with Crippen molar-refractivity contribution in [2.75, 3.05) is 6.61 Å². The number of ether oxygens (including phenoxy) is 1. The van der Waals surface area contributed by atoms with Gasteiger partial charge in [-0.3, -0.25) is 4.79 Å². The molecular formula is C10H12BrNO2S. The smallest absolute Gasteiger partial charge is 0.319 e. The molecule has 0 fully saturated rings. The third-order valence-corrected chi connectivity index (χ3v) is 3.11. The Morgan fingerprint density at radius 1 is 1.67 bits per heavy atom. The quantitative estimate of drug-likeness (QED) is 0.631. The number of hydrogen-bond donors (Lipinski definition) is 0. The Labute approximate surface area is 102 Å². The van der Waals surface area contributed by atoms with Gasteiger partial charge in [0.15, 0.2) is 0 Å². The van der Waals surface area contributed by atoms with Crippen LogP contribution in [0, 0.1) is 0 Å². The van der Waals surface area contributed by atoms with Crippen molar-refractivity contribution in [3.63, 3.8) is 0 Å². The lowest BCUT2D eigenvalue weighted by Crippen LogP contribution is -2.16. The Kier molecular flexibility index (Phi) is 5.11. The van der Waals surface area contributed by atoms with Crippen LogP contribution in [0.1, 0.15) is 13.8 Å². The van der Waals surface area contributed by atoms with E-state index < -0.39 is 0 Å². The van der Waals surface area contributed by atoms with Gasteiger partial charge >= 0.3 is 5.97 Å². The minimum Gasteiger partial charge on any atom is -0.465 e. The molecule has 1 atom stereocenters. The number of rotatable bonds is 4. The minimum absolute atomic E-state index is 0.202. The van der Waals surface area contributed by atoms with E-state index in [0.717, 1.165) is 9.50 Å². The summed E-state index contributed by atoms with van der Waals surface area (Å²) in [5.74, 6) is -0.202. The molecule has 1 rings (SSSR count). The van der Waals surface area contributed by atoms with Crippen molar-refractivity contribution in [3.8, 4) is 0 Å². The maximum absolute atomic E-state index is 11.3. The zero-order valence-electron chi connectivity index (χ0n) is 8.57. The van der Waals surface area contributed by atoms with Crippen molar-refractivity contribution in [2.24, 2.45) is 0 Å². The number of nitrogens with zero attached hydrogens (tertiary/aromatic N) is 1. The second kappa shape index (κ2) is 6.12. The van der Waals surface area contributed by atoms with Gasteiger partial charge in [-0.05, 0) is 41.9 Å². The Hall–Kier alpha value is -0.550.